The third-order valence-corrected chi connectivity index (χ3v) is 4.53. The minimum Gasteiger partial charge on any atom is -0.340 e. The molecule has 0 spiro atoms. The molecule has 25 heavy (non-hydrogen) atoms. The summed E-state index contributed by atoms with van der Waals surface area (Å²) in [7, 11) is 0. The lowest BCUT2D eigenvalue weighted by molar-refractivity contribution is 0.561. The Morgan fingerprint density at radius 1 is 1.28 bits per heavy atom. The molecule has 1 fully saturated rings. The number of H-pyrrole nitrogens is 1. The lowest BCUT2D eigenvalue weighted by Crippen LogP contribution is -2.31. The molecule has 3 N–H and O–H groups in total. The number of nitrogens with zero attached hydrogens (tertiary/aromatic N) is 4. The molecule has 1 aromatic carbocycles. The first-order valence-electron chi connectivity index (χ1n) is 8.68. The van der Waals surface area contributed by atoms with Gasteiger partial charge in [0.15, 0.2) is 0 Å². The number of aromatic amines is 1. The molecule has 7 nitrogen and oxygen atoms in total. The van der Waals surface area contributed by atoms with Gasteiger partial charge in [-0.05, 0) is 37.6 Å². The van der Waals surface area contributed by atoms with Crippen LogP contribution >= 0.6 is 0 Å². The van der Waals surface area contributed by atoms with E-state index < -0.39 is 0 Å². The lowest BCUT2D eigenvalue weighted by atomic mass is 10.2. The molecule has 3 heterocycles. The monoisotopic (exact) mass is 337 g/mol. The van der Waals surface area contributed by atoms with Crippen LogP contribution in [0.4, 0.5) is 17.5 Å². The summed E-state index contributed by atoms with van der Waals surface area (Å²) in [5.41, 5.74) is 3.04. The van der Waals surface area contributed by atoms with Gasteiger partial charge in [-0.1, -0.05) is 6.92 Å². The van der Waals surface area contributed by atoms with Crippen LogP contribution in [0, 0.1) is 12.8 Å². The maximum absolute atomic E-state index is 4.79. The zero-order valence-electron chi connectivity index (χ0n) is 14.6. The van der Waals surface area contributed by atoms with E-state index in [1.54, 1.807) is 0 Å². The van der Waals surface area contributed by atoms with Gasteiger partial charge in [0.25, 0.3) is 0 Å². The average Bonchev–Trinajstić information content (AvgIpc) is 2.96. The van der Waals surface area contributed by atoms with Crippen molar-refractivity contribution in [3.8, 4) is 0 Å². The Kier molecular flexibility index (Phi) is 4.23. The minimum atomic E-state index is 0.576. The van der Waals surface area contributed by atoms with Crippen LogP contribution in [-0.4, -0.2) is 46.3 Å². The van der Waals surface area contributed by atoms with Crippen molar-refractivity contribution in [3.05, 3.63) is 36.2 Å². The Morgan fingerprint density at radius 2 is 2.20 bits per heavy atom. The van der Waals surface area contributed by atoms with Gasteiger partial charge >= 0.3 is 0 Å². The van der Waals surface area contributed by atoms with E-state index in [1.807, 2.05) is 31.5 Å². The molecule has 1 unspecified atom stereocenters. The third-order valence-electron chi connectivity index (χ3n) is 4.53. The van der Waals surface area contributed by atoms with Crippen molar-refractivity contribution in [2.45, 2.75) is 13.8 Å². The zero-order chi connectivity index (χ0) is 17.2. The van der Waals surface area contributed by atoms with Crippen LogP contribution in [0.15, 0.2) is 30.6 Å². The number of hydrogen-bond donors (Lipinski definition) is 3. The van der Waals surface area contributed by atoms with Crippen LogP contribution in [0.5, 0.6) is 0 Å². The lowest BCUT2D eigenvalue weighted by Gasteiger charge is -2.23. The van der Waals surface area contributed by atoms with Crippen LogP contribution in [0.25, 0.3) is 10.9 Å². The van der Waals surface area contributed by atoms with Crippen molar-refractivity contribution in [3.63, 3.8) is 0 Å². The van der Waals surface area contributed by atoms with Gasteiger partial charge in [-0.2, -0.15) is 10.1 Å². The van der Waals surface area contributed by atoms with Crippen molar-refractivity contribution < 1.29 is 0 Å². The molecule has 130 valence electrons. The molecule has 2 aromatic heterocycles. The van der Waals surface area contributed by atoms with Gasteiger partial charge in [0, 0.05) is 42.5 Å². The Hall–Kier alpha value is -2.67. The molecule has 1 aliphatic heterocycles. The Bertz CT molecular complexity index is 873. The normalized spacial score (nSPS) is 18.3. The number of rotatable bonds is 3. The summed E-state index contributed by atoms with van der Waals surface area (Å²) in [5, 5.41) is 15.0. The van der Waals surface area contributed by atoms with Gasteiger partial charge in [0.1, 0.15) is 5.82 Å². The van der Waals surface area contributed by atoms with Crippen molar-refractivity contribution in [1.82, 2.24) is 25.5 Å². The number of anilines is 3. The van der Waals surface area contributed by atoms with Crippen molar-refractivity contribution >= 4 is 28.4 Å². The highest BCUT2D eigenvalue weighted by Crippen LogP contribution is 2.23. The summed E-state index contributed by atoms with van der Waals surface area (Å²) >= 11 is 0. The number of nitrogens with one attached hydrogen (secondary N) is 3. The molecule has 1 aliphatic rings. The standard InChI is InChI=1S/C18H23N7/c1-12-8-19-5-6-25(11-12)18-20-9-13(2)17(23-18)22-15-3-4-16-14(7-15)10-21-24-16/h3-4,7,9-10,12,19H,5-6,8,11H2,1-2H3,(H,21,24)(H,20,22,23). The summed E-state index contributed by atoms with van der Waals surface area (Å²) in [6, 6.07) is 6.11. The topological polar surface area (TPSA) is 81.8 Å². The molecule has 0 saturated carbocycles. The second kappa shape index (κ2) is 6.68. The molecule has 0 aliphatic carbocycles. The molecule has 1 atom stereocenters. The molecule has 7 heteroatoms. The zero-order valence-corrected chi connectivity index (χ0v) is 14.6. The molecule has 0 amide bonds. The van der Waals surface area contributed by atoms with Crippen LogP contribution in [0.2, 0.25) is 0 Å². The second-order valence-corrected chi connectivity index (χ2v) is 6.75. The van der Waals surface area contributed by atoms with E-state index in [1.165, 1.54) is 0 Å². The van der Waals surface area contributed by atoms with Gasteiger partial charge in [-0.15, -0.1) is 0 Å². The molecule has 3 aromatic rings. The van der Waals surface area contributed by atoms with E-state index in [9.17, 15) is 0 Å². The summed E-state index contributed by atoms with van der Waals surface area (Å²) in [6.45, 7) is 8.16. The van der Waals surface area contributed by atoms with Gasteiger partial charge in [0.2, 0.25) is 5.95 Å². The number of benzene rings is 1. The predicted octanol–water partition coefficient (Wildman–Crippen LogP) is 2.45. The number of aromatic nitrogens is 4. The van der Waals surface area contributed by atoms with E-state index in [0.29, 0.717) is 5.92 Å². The Morgan fingerprint density at radius 3 is 3.12 bits per heavy atom. The van der Waals surface area contributed by atoms with Crippen molar-refractivity contribution in [1.29, 1.82) is 0 Å². The van der Waals surface area contributed by atoms with Gasteiger partial charge in [-0.3, -0.25) is 5.10 Å². The molecular formula is C18H23N7. The van der Waals surface area contributed by atoms with Crippen molar-refractivity contribution in [2.24, 2.45) is 5.92 Å². The Labute approximate surface area is 146 Å². The molecule has 4 rings (SSSR count). The van der Waals surface area contributed by atoms with E-state index in [2.05, 4.69) is 43.7 Å². The van der Waals surface area contributed by atoms with Gasteiger partial charge in [-0.25, -0.2) is 4.98 Å². The van der Waals surface area contributed by atoms with Gasteiger partial charge in [0.05, 0.1) is 11.7 Å². The second-order valence-electron chi connectivity index (χ2n) is 6.75. The van der Waals surface area contributed by atoms with Crippen LogP contribution in [0.3, 0.4) is 0 Å². The first-order chi connectivity index (χ1) is 12.2. The quantitative estimate of drug-likeness (QED) is 0.681. The number of hydrogen-bond acceptors (Lipinski definition) is 6. The first-order valence-corrected chi connectivity index (χ1v) is 8.68. The highest BCUT2D eigenvalue weighted by molar-refractivity contribution is 5.82. The SMILES string of the molecule is Cc1cnc(N2CCNCC(C)C2)nc1Nc1ccc2[nH]ncc2c1. The fraction of sp³-hybridized carbons (Fsp3) is 0.389. The van der Waals surface area contributed by atoms with E-state index in [4.69, 9.17) is 4.98 Å². The average molecular weight is 337 g/mol. The highest BCUT2D eigenvalue weighted by Gasteiger charge is 2.17. The summed E-state index contributed by atoms with van der Waals surface area (Å²) in [5.74, 6) is 2.21. The number of fused-ring (bicyclic) bond motifs is 1. The van der Waals surface area contributed by atoms with Crippen molar-refractivity contribution in [2.75, 3.05) is 36.4 Å². The highest BCUT2D eigenvalue weighted by atomic mass is 15.3. The maximum atomic E-state index is 4.79. The molecule has 1 saturated heterocycles. The number of aryl methyl sites for hydroxylation is 1. The first kappa shape index (κ1) is 15.8. The molecule has 0 bridgehead atoms. The maximum Gasteiger partial charge on any atom is 0.227 e. The fourth-order valence-electron chi connectivity index (χ4n) is 3.15. The van der Waals surface area contributed by atoms with E-state index in [0.717, 1.165) is 60.1 Å². The molecular weight excluding hydrogens is 314 g/mol. The summed E-state index contributed by atoms with van der Waals surface area (Å²) in [6.07, 6.45) is 3.72. The summed E-state index contributed by atoms with van der Waals surface area (Å²) in [4.78, 5) is 11.6. The third kappa shape index (κ3) is 3.41. The fourth-order valence-corrected chi connectivity index (χ4v) is 3.15. The van der Waals surface area contributed by atoms with Crippen LogP contribution in [-0.2, 0) is 0 Å². The minimum absolute atomic E-state index is 0.576. The Balaban J connectivity index is 1.60. The van der Waals surface area contributed by atoms with E-state index in [-0.39, 0.29) is 0 Å². The van der Waals surface area contributed by atoms with E-state index >= 15 is 0 Å². The largest absolute Gasteiger partial charge is 0.340 e. The van der Waals surface area contributed by atoms with Gasteiger partial charge < -0.3 is 15.5 Å². The van der Waals surface area contributed by atoms with Crippen LogP contribution in [0.1, 0.15) is 12.5 Å². The van der Waals surface area contributed by atoms with Crippen LogP contribution < -0.4 is 15.5 Å². The predicted molar refractivity (Wildman–Crippen MR) is 100 cm³/mol. The molecule has 0 radical (unpaired) electrons. The summed E-state index contributed by atoms with van der Waals surface area (Å²) < 4.78 is 0. The smallest absolute Gasteiger partial charge is 0.227 e.